The number of carboxylic acid groups (broad SMARTS) is 3. The van der Waals surface area contributed by atoms with Gasteiger partial charge in [0.15, 0.2) is 17.3 Å². The Hall–Kier alpha value is -2.92. The molecule has 0 saturated carbocycles. The van der Waals surface area contributed by atoms with E-state index < -0.39 is 71.9 Å². The van der Waals surface area contributed by atoms with E-state index in [-0.39, 0.29) is 20.1 Å². The van der Waals surface area contributed by atoms with Crippen molar-refractivity contribution in [2.45, 2.75) is 40.0 Å². The molecule has 156 valence electrons. The minimum atomic E-state index is -1.80. The summed E-state index contributed by atoms with van der Waals surface area (Å²) in [6.07, 6.45) is -1.70. The largest absolute Gasteiger partial charge is 3.00 e. The maximum Gasteiger partial charge on any atom is 3.00 e. The third kappa shape index (κ3) is 25.3. The van der Waals surface area contributed by atoms with Crippen molar-refractivity contribution >= 4 is 52.6 Å². The van der Waals surface area contributed by atoms with Gasteiger partial charge in [-0.3, -0.25) is 28.8 Å². The second kappa shape index (κ2) is 17.5. The van der Waals surface area contributed by atoms with Crippen molar-refractivity contribution in [2.24, 2.45) is 0 Å². The average Bonchev–Trinajstić information content (AvgIpc) is 2.46. The van der Waals surface area contributed by atoms with E-state index >= 15 is 0 Å². The number of hydrogen-bond acceptors (Lipinski definition) is 12. The van der Waals surface area contributed by atoms with Crippen molar-refractivity contribution in [2.75, 3.05) is 0 Å². The molecule has 0 radical (unpaired) electrons. The molecular weight excluding hydrogens is 564 g/mol. The Balaban J connectivity index is -0.000000152. The molecule has 0 aliphatic carbocycles. The van der Waals surface area contributed by atoms with Crippen LogP contribution in [-0.2, 0) is 63.3 Å². The third-order valence-electron chi connectivity index (χ3n) is 1.91. The molecule has 0 amide bonds. The summed E-state index contributed by atoms with van der Waals surface area (Å²) in [6.45, 7) is 3.42. The van der Waals surface area contributed by atoms with Crippen molar-refractivity contribution in [1.82, 2.24) is 0 Å². The molecule has 0 unspecified atom stereocenters. The van der Waals surface area contributed by atoms with Crippen LogP contribution in [0.5, 0.6) is 0 Å². The van der Waals surface area contributed by atoms with Crippen LogP contribution in [0.15, 0.2) is 0 Å². The first-order valence-corrected chi connectivity index (χ1v) is 6.82. The normalized spacial score (nSPS) is 8.25. The summed E-state index contributed by atoms with van der Waals surface area (Å²) in [7, 11) is 0. The number of Topliss-reactive ketones (excluding diaryl/α,β-unsaturated/α-hetero) is 6. The molecule has 0 spiro atoms. The smallest absolute Gasteiger partial charge is 0.542 e. The Bertz CT molecular complexity index is 572. The van der Waals surface area contributed by atoms with E-state index in [0.29, 0.717) is 0 Å². The molecule has 12 nitrogen and oxygen atoms in total. The SMILES string of the molecule is CC(=O)CC(=O)C(=O)[O-].CC(=O)CC(=O)C(=O)[O-].CC(=O)CC(=O)C(=O)[O-].[Ir+3]. The third-order valence-corrected chi connectivity index (χ3v) is 1.91. The predicted octanol–water partition coefficient (Wildman–Crippen LogP) is -5.15. The van der Waals surface area contributed by atoms with Gasteiger partial charge in [0.05, 0.1) is 19.3 Å². The first kappa shape index (κ1) is 32.7. The maximum atomic E-state index is 10.1. The van der Waals surface area contributed by atoms with Crippen LogP contribution in [-0.4, -0.2) is 52.6 Å². The Morgan fingerprint density at radius 2 is 0.607 bits per heavy atom. The number of carbonyl (C=O) groups excluding carboxylic acids is 9. The van der Waals surface area contributed by atoms with Gasteiger partial charge < -0.3 is 29.7 Å². The molecule has 0 bridgehead atoms. The van der Waals surface area contributed by atoms with Crippen LogP contribution >= 0.6 is 0 Å². The average molecular weight is 579 g/mol. The summed E-state index contributed by atoms with van der Waals surface area (Å²) in [4.78, 5) is 89.2. The summed E-state index contributed by atoms with van der Waals surface area (Å²) in [5, 5.41) is 28.9. The molecule has 0 aromatic rings. The summed E-state index contributed by atoms with van der Waals surface area (Å²) in [5.74, 6) is -10.3. The van der Waals surface area contributed by atoms with Crippen LogP contribution in [0.2, 0.25) is 0 Å². The Morgan fingerprint density at radius 3 is 0.643 bits per heavy atom. The van der Waals surface area contributed by atoms with Gasteiger partial charge in [-0.2, -0.15) is 0 Å². The van der Waals surface area contributed by atoms with Gasteiger partial charge in [-0.1, -0.05) is 0 Å². The van der Waals surface area contributed by atoms with Crippen molar-refractivity contribution < 1.29 is 78.6 Å². The van der Waals surface area contributed by atoms with Crippen LogP contribution in [0, 0.1) is 0 Å². The van der Waals surface area contributed by atoms with E-state index in [4.69, 9.17) is 0 Å². The molecule has 0 aliphatic rings. The second-order valence-corrected chi connectivity index (χ2v) is 4.77. The van der Waals surface area contributed by atoms with Gasteiger partial charge in [0, 0.05) is 0 Å². The van der Waals surface area contributed by atoms with Crippen LogP contribution in [0.1, 0.15) is 40.0 Å². The molecule has 0 aliphatic heterocycles. The Labute approximate surface area is 171 Å². The van der Waals surface area contributed by atoms with Crippen molar-refractivity contribution in [3.63, 3.8) is 0 Å². The Morgan fingerprint density at radius 1 is 0.464 bits per heavy atom. The fraction of sp³-hybridized carbons (Fsp3) is 0.400. The molecule has 0 aromatic heterocycles. The van der Waals surface area contributed by atoms with Gasteiger partial charge in [-0.25, -0.2) is 0 Å². The van der Waals surface area contributed by atoms with E-state index in [1.54, 1.807) is 0 Å². The Kier molecular flexibility index (Phi) is 20.4. The molecule has 13 heteroatoms. The monoisotopic (exact) mass is 580 g/mol. The van der Waals surface area contributed by atoms with Crippen molar-refractivity contribution in [3.05, 3.63) is 0 Å². The first-order chi connectivity index (χ1) is 12.1. The zero-order valence-corrected chi connectivity index (χ0v) is 17.2. The van der Waals surface area contributed by atoms with Gasteiger partial charge >= 0.3 is 20.1 Å². The second-order valence-electron chi connectivity index (χ2n) is 4.77. The van der Waals surface area contributed by atoms with Gasteiger partial charge in [-0.05, 0) is 20.8 Å². The van der Waals surface area contributed by atoms with Crippen LogP contribution < -0.4 is 15.3 Å². The number of aliphatic carboxylic acids is 3. The quantitative estimate of drug-likeness (QED) is 0.185. The number of carbonyl (C=O) groups is 9. The van der Waals surface area contributed by atoms with Gasteiger partial charge in [-0.15, -0.1) is 0 Å². The van der Waals surface area contributed by atoms with Crippen LogP contribution in [0.4, 0.5) is 0 Å². The van der Waals surface area contributed by atoms with Crippen LogP contribution in [0.25, 0.3) is 0 Å². The van der Waals surface area contributed by atoms with Gasteiger partial charge in [0.25, 0.3) is 0 Å². The summed E-state index contributed by atoms with van der Waals surface area (Å²) < 4.78 is 0. The minimum absolute atomic E-state index is 0. The molecule has 0 aromatic carbocycles. The number of carboxylic acids is 3. The van der Waals surface area contributed by atoms with E-state index in [2.05, 4.69) is 0 Å². The zero-order chi connectivity index (χ0) is 22.3. The first-order valence-electron chi connectivity index (χ1n) is 6.82. The molecule has 0 fully saturated rings. The fourth-order valence-corrected chi connectivity index (χ4v) is 0.895. The molecule has 0 rings (SSSR count). The maximum absolute atomic E-state index is 10.1. The molecule has 0 N–H and O–H groups in total. The van der Waals surface area contributed by atoms with Crippen molar-refractivity contribution in [1.29, 1.82) is 0 Å². The van der Waals surface area contributed by atoms with Gasteiger partial charge in [0.1, 0.15) is 35.3 Å². The number of ketones is 6. The molecular formula is C15H15IrO12. The zero-order valence-electron chi connectivity index (χ0n) is 14.9. The number of hydrogen-bond donors (Lipinski definition) is 0. The van der Waals surface area contributed by atoms with E-state index in [0.717, 1.165) is 20.8 Å². The van der Waals surface area contributed by atoms with E-state index in [1.807, 2.05) is 0 Å². The van der Waals surface area contributed by atoms with Gasteiger partial charge in [0.2, 0.25) is 0 Å². The summed E-state index contributed by atoms with van der Waals surface area (Å²) in [6, 6.07) is 0. The predicted molar refractivity (Wildman–Crippen MR) is 75.9 cm³/mol. The molecule has 28 heavy (non-hydrogen) atoms. The summed E-state index contributed by atoms with van der Waals surface area (Å²) >= 11 is 0. The molecule has 0 saturated heterocycles. The van der Waals surface area contributed by atoms with Crippen LogP contribution in [0.3, 0.4) is 0 Å². The molecule has 0 atom stereocenters. The number of rotatable bonds is 9. The standard InChI is InChI=1S/3C5H6O4.Ir/c3*1-3(6)2-4(7)5(8)9;/h3*2H2,1H3,(H,8,9);/q;;;+3/p-3. The topological polar surface area (TPSA) is 223 Å². The van der Waals surface area contributed by atoms with Crippen molar-refractivity contribution in [3.8, 4) is 0 Å². The van der Waals surface area contributed by atoms with E-state index in [9.17, 15) is 58.5 Å². The van der Waals surface area contributed by atoms with E-state index in [1.165, 1.54) is 0 Å². The minimum Gasteiger partial charge on any atom is -0.542 e. The summed E-state index contributed by atoms with van der Waals surface area (Å²) in [5.41, 5.74) is 0. The molecule has 0 heterocycles. The fourth-order valence-electron chi connectivity index (χ4n) is 0.895.